The lowest BCUT2D eigenvalue weighted by atomic mass is 9.91. The third-order valence-electron chi connectivity index (χ3n) is 5.02. The molecule has 4 aliphatic heterocycles. The van der Waals surface area contributed by atoms with Crippen LogP contribution in [0.5, 0.6) is 0 Å². The first-order valence-corrected chi connectivity index (χ1v) is 8.16. The van der Waals surface area contributed by atoms with Gasteiger partial charge in [0.1, 0.15) is 0 Å². The van der Waals surface area contributed by atoms with Crippen LogP contribution in [-0.4, -0.2) is 74.2 Å². The second-order valence-electron chi connectivity index (χ2n) is 6.70. The molecule has 21 heavy (non-hydrogen) atoms. The van der Waals surface area contributed by atoms with Gasteiger partial charge < -0.3 is 25.7 Å². The van der Waals surface area contributed by atoms with Crippen molar-refractivity contribution in [3.63, 3.8) is 0 Å². The molecular formula is C15H29N3O3. The number of nitrogens with one attached hydrogen (secondary N) is 1. The molecule has 0 aromatic carbocycles. The molecule has 6 heteroatoms. The van der Waals surface area contributed by atoms with E-state index in [2.05, 4.69) is 17.1 Å². The minimum absolute atomic E-state index is 0. The Labute approximate surface area is 127 Å². The van der Waals surface area contributed by atoms with Crippen molar-refractivity contribution >= 4 is 0 Å². The molecule has 0 radical (unpaired) electrons. The van der Waals surface area contributed by atoms with E-state index in [0.717, 1.165) is 45.8 Å². The van der Waals surface area contributed by atoms with Gasteiger partial charge in [-0.3, -0.25) is 4.90 Å². The fourth-order valence-electron chi connectivity index (χ4n) is 3.67. The van der Waals surface area contributed by atoms with E-state index in [1.54, 1.807) is 0 Å². The van der Waals surface area contributed by atoms with Crippen LogP contribution in [0.3, 0.4) is 0 Å². The van der Waals surface area contributed by atoms with Crippen molar-refractivity contribution in [3.05, 3.63) is 0 Å². The zero-order valence-corrected chi connectivity index (χ0v) is 13.0. The molecule has 0 aliphatic carbocycles. The average Bonchev–Trinajstić information content (AvgIpc) is 3.24. The van der Waals surface area contributed by atoms with Crippen LogP contribution in [0.2, 0.25) is 0 Å². The zero-order chi connectivity index (χ0) is 13.5. The summed E-state index contributed by atoms with van der Waals surface area (Å²) in [5, 5.41) is 3.89. The number of epoxide rings is 3. The molecule has 0 saturated carbocycles. The van der Waals surface area contributed by atoms with Crippen molar-refractivity contribution in [2.24, 2.45) is 0 Å². The highest BCUT2D eigenvalue weighted by atomic mass is 16.6. The van der Waals surface area contributed by atoms with E-state index in [4.69, 9.17) is 14.2 Å². The monoisotopic (exact) mass is 299 g/mol. The molecule has 6 atom stereocenters. The number of hydrogen-bond acceptors (Lipinski definition) is 6. The van der Waals surface area contributed by atoms with Crippen LogP contribution in [-0.2, 0) is 14.2 Å². The molecule has 4 fully saturated rings. The van der Waals surface area contributed by atoms with Crippen LogP contribution in [0.15, 0.2) is 0 Å². The number of rotatable bonds is 7. The van der Waals surface area contributed by atoms with Gasteiger partial charge in [0.15, 0.2) is 0 Å². The summed E-state index contributed by atoms with van der Waals surface area (Å²) in [6.45, 7) is 7.42. The predicted octanol–water partition coefficient (Wildman–Crippen LogP) is 0.546. The normalized spacial score (nSPS) is 45.0. The lowest BCUT2D eigenvalue weighted by molar-refractivity contribution is 0.0701. The highest BCUT2D eigenvalue weighted by Crippen LogP contribution is 2.30. The number of piperazine rings is 1. The summed E-state index contributed by atoms with van der Waals surface area (Å²) in [5.41, 5.74) is 0. The second-order valence-corrected chi connectivity index (χ2v) is 6.70. The van der Waals surface area contributed by atoms with Gasteiger partial charge in [0.2, 0.25) is 0 Å². The average molecular weight is 299 g/mol. The minimum Gasteiger partial charge on any atom is -0.373 e. The van der Waals surface area contributed by atoms with Gasteiger partial charge in [-0.15, -0.1) is 0 Å². The van der Waals surface area contributed by atoms with Gasteiger partial charge in [0, 0.05) is 24.7 Å². The summed E-state index contributed by atoms with van der Waals surface area (Å²) >= 11 is 0. The van der Waals surface area contributed by atoms with Gasteiger partial charge in [0.25, 0.3) is 0 Å². The van der Waals surface area contributed by atoms with Crippen molar-refractivity contribution < 1.29 is 14.2 Å². The molecule has 6 nitrogen and oxygen atoms in total. The van der Waals surface area contributed by atoms with Crippen LogP contribution in [0.25, 0.3) is 0 Å². The number of likely N-dealkylation sites (N-methyl/N-ethyl adjacent to an activating group) is 1. The molecule has 4 aliphatic rings. The van der Waals surface area contributed by atoms with E-state index in [-0.39, 0.29) is 6.15 Å². The predicted molar refractivity (Wildman–Crippen MR) is 79.8 cm³/mol. The topological polar surface area (TPSA) is 87.9 Å². The second kappa shape index (κ2) is 6.48. The van der Waals surface area contributed by atoms with Crippen LogP contribution in [0, 0.1) is 0 Å². The van der Waals surface area contributed by atoms with E-state index >= 15 is 0 Å². The first kappa shape index (κ1) is 15.6. The molecule has 0 spiro atoms. The Bertz CT molecular complexity index is 345. The Morgan fingerprint density at radius 3 is 2.10 bits per heavy atom. The number of hydrogen-bond donors (Lipinski definition) is 2. The van der Waals surface area contributed by atoms with Gasteiger partial charge in [-0.1, -0.05) is 6.92 Å². The summed E-state index contributed by atoms with van der Waals surface area (Å²) in [6.07, 6.45) is 4.98. The minimum atomic E-state index is 0. The Kier molecular flexibility index (Phi) is 4.83. The first-order valence-electron chi connectivity index (χ1n) is 8.16. The SMILES string of the molecule is CCN1CC(CC2CO2)NC(CC2CO2)C1CC1CO1.N. The first-order chi connectivity index (χ1) is 9.81. The van der Waals surface area contributed by atoms with Gasteiger partial charge in [-0.05, 0) is 25.8 Å². The van der Waals surface area contributed by atoms with Gasteiger partial charge >= 0.3 is 0 Å². The fourth-order valence-corrected chi connectivity index (χ4v) is 3.67. The fraction of sp³-hybridized carbons (Fsp3) is 1.00. The third-order valence-corrected chi connectivity index (χ3v) is 5.02. The molecule has 122 valence electrons. The summed E-state index contributed by atoms with van der Waals surface area (Å²) in [7, 11) is 0. The summed E-state index contributed by atoms with van der Waals surface area (Å²) in [4.78, 5) is 2.65. The van der Waals surface area contributed by atoms with E-state index in [0.29, 0.717) is 36.4 Å². The molecule has 0 amide bonds. The Hall–Kier alpha value is -0.240. The number of nitrogens with zero attached hydrogens (tertiary/aromatic N) is 1. The van der Waals surface area contributed by atoms with Crippen molar-refractivity contribution in [2.45, 2.75) is 62.6 Å². The maximum Gasteiger partial charge on any atom is 0.0825 e. The van der Waals surface area contributed by atoms with Crippen molar-refractivity contribution in [3.8, 4) is 0 Å². The molecule has 4 rings (SSSR count). The van der Waals surface area contributed by atoms with Crippen molar-refractivity contribution in [2.75, 3.05) is 32.9 Å². The lowest BCUT2D eigenvalue weighted by Crippen LogP contribution is -2.63. The van der Waals surface area contributed by atoms with Crippen LogP contribution in [0.1, 0.15) is 26.2 Å². The smallest absolute Gasteiger partial charge is 0.0825 e. The van der Waals surface area contributed by atoms with Gasteiger partial charge in [0.05, 0.1) is 38.1 Å². The molecule has 6 unspecified atom stereocenters. The summed E-state index contributed by atoms with van der Waals surface area (Å²) in [5.74, 6) is 0. The van der Waals surface area contributed by atoms with E-state index in [1.165, 1.54) is 6.42 Å². The molecule has 4 heterocycles. The standard InChI is InChI=1S/C15H26N2O3.H3N/c1-2-17-6-10(3-11-7-18-11)16-14(4-12-8-19-12)15(17)5-13-9-20-13;/h10-16H,2-9H2,1H3;1H3. The Morgan fingerprint density at radius 2 is 1.52 bits per heavy atom. The van der Waals surface area contributed by atoms with E-state index in [9.17, 15) is 0 Å². The van der Waals surface area contributed by atoms with E-state index < -0.39 is 0 Å². The van der Waals surface area contributed by atoms with Crippen LogP contribution < -0.4 is 11.5 Å². The van der Waals surface area contributed by atoms with E-state index in [1.807, 2.05) is 0 Å². The van der Waals surface area contributed by atoms with Gasteiger partial charge in [-0.2, -0.15) is 0 Å². The number of ether oxygens (including phenoxy) is 3. The Morgan fingerprint density at radius 1 is 0.952 bits per heavy atom. The van der Waals surface area contributed by atoms with Crippen molar-refractivity contribution in [1.82, 2.24) is 16.4 Å². The molecule has 4 N–H and O–H groups in total. The molecule has 4 saturated heterocycles. The quantitative estimate of drug-likeness (QED) is 0.667. The highest BCUT2D eigenvalue weighted by Gasteiger charge is 2.42. The molecule has 0 aromatic rings. The largest absolute Gasteiger partial charge is 0.373 e. The summed E-state index contributed by atoms with van der Waals surface area (Å²) in [6, 6.07) is 1.72. The van der Waals surface area contributed by atoms with Crippen LogP contribution >= 0.6 is 0 Å². The third kappa shape index (κ3) is 4.15. The van der Waals surface area contributed by atoms with Crippen molar-refractivity contribution in [1.29, 1.82) is 0 Å². The molecular weight excluding hydrogens is 270 g/mol. The zero-order valence-electron chi connectivity index (χ0n) is 13.0. The molecule has 0 aromatic heterocycles. The molecule has 0 bridgehead atoms. The maximum atomic E-state index is 5.47. The lowest BCUT2D eigenvalue weighted by Gasteiger charge is -2.45. The highest BCUT2D eigenvalue weighted by molar-refractivity contribution is 4.99. The van der Waals surface area contributed by atoms with Crippen LogP contribution in [0.4, 0.5) is 0 Å². The Balaban J connectivity index is 0.00000132. The maximum absolute atomic E-state index is 5.47. The van der Waals surface area contributed by atoms with Gasteiger partial charge in [-0.25, -0.2) is 0 Å². The summed E-state index contributed by atoms with van der Waals surface area (Å²) < 4.78 is 16.3.